The Labute approximate surface area is 102 Å². The molecule has 0 spiro atoms. The predicted molar refractivity (Wildman–Crippen MR) is 66.2 cm³/mol. The van der Waals surface area contributed by atoms with Crippen molar-refractivity contribution in [3.8, 4) is 0 Å². The van der Waals surface area contributed by atoms with Crippen LogP contribution in [0.1, 0.15) is 26.3 Å². The van der Waals surface area contributed by atoms with Gasteiger partial charge in [-0.25, -0.2) is 4.39 Å². The average Bonchev–Trinajstić information content (AvgIpc) is 2.18. The first-order chi connectivity index (χ1) is 7.88. The van der Waals surface area contributed by atoms with E-state index in [2.05, 4.69) is 0 Å². The molecule has 0 amide bonds. The Hall–Kier alpha value is -1.13. The molecule has 1 rings (SSSR count). The molecule has 3 nitrogen and oxygen atoms in total. The highest BCUT2D eigenvalue weighted by atomic mass is 19.1. The van der Waals surface area contributed by atoms with E-state index in [-0.39, 0.29) is 11.4 Å². The van der Waals surface area contributed by atoms with Gasteiger partial charge in [-0.05, 0) is 32.9 Å². The Morgan fingerprint density at radius 3 is 2.53 bits per heavy atom. The lowest BCUT2D eigenvalue weighted by Crippen LogP contribution is -2.21. The van der Waals surface area contributed by atoms with Crippen molar-refractivity contribution >= 4 is 5.69 Å². The summed E-state index contributed by atoms with van der Waals surface area (Å²) in [5, 5.41) is 0. The number of nitrogen functional groups attached to an aromatic ring is 1. The Kier molecular flexibility index (Phi) is 4.90. The van der Waals surface area contributed by atoms with Crippen LogP contribution >= 0.6 is 0 Å². The molecule has 0 heterocycles. The summed E-state index contributed by atoms with van der Waals surface area (Å²) in [6.07, 6.45) is 0. The number of anilines is 1. The highest BCUT2D eigenvalue weighted by Crippen LogP contribution is 2.14. The molecule has 0 aliphatic rings. The molecule has 1 aromatic carbocycles. The third-order valence-electron chi connectivity index (χ3n) is 2.13. The van der Waals surface area contributed by atoms with Gasteiger partial charge in [0.1, 0.15) is 5.82 Å². The fourth-order valence-electron chi connectivity index (χ4n) is 1.29. The first kappa shape index (κ1) is 13.9. The minimum absolute atomic E-state index is 0.155. The zero-order chi connectivity index (χ0) is 12.9. The number of hydrogen-bond acceptors (Lipinski definition) is 3. The summed E-state index contributed by atoms with van der Waals surface area (Å²) in [4.78, 5) is 0. The van der Waals surface area contributed by atoms with Gasteiger partial charge < -0.3 is 15.2 Å². The molecule has 0 unspecified atom stereocenters. The van der Waals surface area contributed by atoms with E-state index in [1.165, 1.54) is 12.1 Å². The number of rotatable bonds is 5. The maximum Gasteiger partial charge on any atom is 0.125 e. The molecule has 0 saturated carbocycles. The Bertz CT molecular complexity index is 361. The van der Waals surface area contributed by atoms with Gasteiger partial charge in [0.2, 0.25) is 0 Å². The molecular formula is C13H20FNO2. The summed E-state index contributed by atoms with van der Waals surface area (Å²) in [7, 11) is 0. The highest BCUT2D eigenvalue weighted by Gasteiger charge is 2.09. The molecule has 4 heteroatoms. The fourth-order valence-corrected chi connectivity index (χ4v) is 1.29. The maximum atomic E-state index is 12.8. The van der Waals surface area contributed by atoms with Crippen LogP contribution in [-0.4, -0.2) is 18.8 Å². The van der Waals surface area contributed by atoms with E-state index in [1.54, 1.807) is 6.07 Å². The lowest BCUT2D eigenvalue weighted by Gasteiger charge is -2.19. The van der Waals surface area contributed by atoms with Crippen LogP contribution in [0.4, 0.5) is 10.1 Å². The molecule has 0 fully saturated rings. The standard InChI is InChI=1S/C13H20FNO2/c1-13(2,3)17-7-6-16-9-10-4-5-11(14)8-12(10)15/h4-5,8H,6-7,9,15H2,1-3H3. The van der Waals surface area contributed by atoms with Crippen molar-refractivity contribution in [2.75, 3.05) is 18.9 Å². The quantitative estimate of drug-likeness (QED) is 0.636. The Morgan fingerprint density at radius 1 is 1.24 bits per heavy atom. The minimum Gasteiger partial charge on any atom is -0.398 e. The molecule has 0 saturated heterocycles. The zero-order valence-electron chi connectivity index (χ0n) is 10.6. The third-order valence-corrected chi connectivity index (χ3v) is 2.13. The molecule has 2 N–H and O–H groups in total. The number of halogens is 1. The molecule has 17 heavy (non-hydrogen) atoms. The van der Waals surface area contributed by atoms with Crippen molar-refractivity contribution in [2.45, 2.75) is 33.0 Å². The summed E-state index contributed by atoms with van der Waals surface area (Å²) in [6.45, 7) is 7.37. The normalized spacial score (nSPS) is 11.8. The molecule has 0 bridgehead atoms. The van der Waals surface area contributed by atoms with Crippen LogP contribution in [0, 0.1) is 5.82 Å². The minimum atomic E-state index is -0.331. The molecule has 0 aliphatic carbocycles. The first-order valence-corrected chi connectivity index (χ1v) is 5.64. The molecule has 96 valence electrons. The molecular weight excluding hydrogens is 221 g/mol. The van der Waals surface area contributed by atoms with Crippen LogP contribution in [0.3, 0.4) is 0 Å². The van der Waals surface area contributed by atoms with Gasteiger partial charge in [-0.2, -0.15) is 0 Å². The van der Waals surface area contributed by atoms with Crippen LogP contribution in [0.2, 0.25) is 0 Å². The van der Waals surface area contributed by atoms with Crippen molar-refractivity contribution in [3.63, 3.8) is 0 Å². The molecule has 0 aromatic heterocycles. The highest BCUT2D eigenvalue weighted by molar-refractivity contribution is 5.46. The van der Waals surface area contributed by atoms with E-state index < -0.39 is 0 Å². The number of nitrogens with two attached hydrogens (primary N) is 1. The third kappa shape index (κ3) is 5.65. The predicted octanol–water partition coefficient (Wildman–Crippen LogP) is 2.74. The second kappa shape index (κ2) is 5.98. The van der Waals surface area contributed by atoms with Crippen molar-refractivity contribution in [2.24, 2.45) is 0 Å². The molecule has 1 aromatic rings. The molecule has 0 atom stereocenters. The lowest BCUT2D eigenvalue weighted by molar-refractivity contribution is -0.0376. The van der Waals surface area contributed by atoms with Gasteiger partial charge in [-0.1, -0.05) is 6.07 Å². The second-order valence-corrected chi connectivity index (χ2v) is 4.86. The summed E-state index contributed by atoms with van der Waals surface area (Å²) < 4.78 is 23.7. The smallest absolute Gasteiger partial charge is 0.125 e. The van der Waals surface area contributed by atoms with Crippen LogP contribution in [0.15, 0.2) is 18.2 Å². The summed E-state index contributed by atoms with van der Waals surface area (Å²) in [5.41, 5.74) is 6.71. The summed E-state index contributed by atoms with van der Waals surface area (Å²) in [5.74, 6) is -0.331. The van der Waals surface area contributed by atoms with Gasteiger partial charge >= 0.3 is 0 Å². The summed E-state index contributed by atoms with van der Waals surface area (Å²) in [6, 6.07) is 4.31. The first-order valence-electron chi connectivity index (χ1n) is 5.64. The van der Waals surface area contributed by atoms with Gasteiger partial charge in [-0.15, -0.1) is 0 Å². The lowest BCUT2D eigenvalue weighted by atomic mass is 10.2. The Balaban J connectivity index is 2.27. The van der Waals surface area contributed by atoms with Crippen LogP contribution in [0.25, 0.3) is 0 Å². The van der Waals surface area contributed by atoms with Crippen LogP contribution < -0.4 is 5.73 Å². The molecule has 0 radical (unpaired) electrons. The zero-order valence-corrected chi connectivity index (χ0v) is 10.6. The van der Waals surface area contributed by atoms with E-state index in [0.717, 1.165) is 5.56 Å². The van der Waals surface area contributed by atoms with Gasteiger partial charge in [0, 0.05) is 11.3 Å². The number of benzene rings is 1. The fraction of sp³-hybridized carbons (Fsp3) is 0.538. The number of ether oxygens (including phenoxy) is 2. The van der Waals surface area contributed by atoms with Crippen molar-refractivity contribution in [3.05, 3.63) is 29.6 Å². The van der Waals surface area contributed by atoms with Gasteiger partial charge in [0.25, 0.3) is 0 Å². The van der Waals surface area contributed by atoms with E-state index in [4.69, 9.17) is 15.2 Å². The van der Waals surface area contributed by atoms with E-state index in [1.807, 2.05) is 20.8 Å². The molecule has 0 aliphatic heterocycles. The second-order valence-electron chi connectivity index (χ2n) is 4.86. The number of hydrogen-bond donors (Lipinski definition) is 1. The van der Waals surface area contributed by atoms with Crippen molar-refractivity contribution in [1.29, 1.82) is 0 Å². The van der Waals surface area contributed by atoms with Gasteiger partial charge in [0.05, 0.1) is 25.4 Å². The monoisotopic (exact) mass is 241 g/mol. The average molecular weight is 241 g/mol. The van der Waals surface area contributed by atoms with E-state index >= 15 is 0 Å². The van der Waals surface area contributed by atoms with Crippen LogP contribution in [-0.2, 0) is 16.1 Å². The van der Waals surface area contributed by atoms with Gasteiger partial charge in [0.15, 0.2) is 0 Å². The van der Waals surface area contributed by atoms with E-state index in [9.17, 15) is 4.39 Å². The van der Waals surface area contributed by atoms with Crippen molar-refractivity contribution in [1.82, 2.24) is 0 Å². The summed E-state index contributed by atoms with van der Waals surface area (Å²) >= 11 is 0. The SMILES string of the molecule is CC(C)(C)OCCOCc1ccc(F)cc1N. The van der Waals surface area contributed by atoms with E-state index in [0.29, 0.717) is 25.5 Å². The topological polar surface area (TPSA) is 44.5 Å². The maximum absolute atomic E-state index is 12.8. The largest absolute Gasteiger partial charge is 0.398 e. The van der Waals surface area contributed by atoms with Crippen molar-refractivity contribution < 1.29 is 13.9 Å². The Morgan fingerprint density at radius 2 is 1.94 bits per heavy atom. The van der Waals surface area contributed by atoms with Gasteiger partial charge in [-0.3, -0.25) is 0 Å². The van der Waals surface area contributed by atoms with Crippen LogP contribution in [0.5, 0.6) is 0 Å².